The van der Waals surface area contributed by atoms with Crippen LogP contribution in [0.2, 0.25) is 0 Å². The molecule has 1 unspecified atom stereocenters. The molecule has 0 aromatic carbocycles. The van der Waals surface area contributed by atoms with E-state index in [1.54, 1.807) is 0 Å². The molecule has 154 valence electrons. The quantitative estimate of drug-likeness (QED) is 0.382. The van der Waals surface area contributed by atoms with Gasteiger partial charge in [-0.25, -0.2) is 4.57 Å². The van der Waals surface area contributed by atoms with Crippen LogP contribution < -0.4 is 0 Å². The molecule has 0 aliphatic carbocycles. The van der Waals surface area contributed by atoms with E-state index in [1.807, 2.05) is 0 Å². The lowest BCUT2D eigenvalue weighted by Gasteiger charge is -2.44. The SMILES string of the molecule is CC(C)CCOP(=O)(OCCC(C)C)SC[C@@H]1CCCN2CCCCC12. The second kappa shape index (κ2) is 11.5. The highest BCUT2D eigenvalue weighted by Gasteiger charge is 2.35. The van der Waals surface area contributed by atoms with Crippen LogP contribution in [0.4, 0.5) is 0 Å². The van der Waals surface area contributed by atoms with Gasteiger partial charge in [0.1, 0.15) is 0 Å². The molecule has 0 aromatic rings. The zero-order valence-electron chi connectivity index (χ0n) is 17.3. The van der Waals surface area contributed by atoms with Gasteiger partial charge >= 0.3 is 6.80 Å². The Balaban J connectivity index is 1.88. The molecule has 0 aromatic heterocycles. The summed E-state index contributed by atoms with van der Waals surface area (Å²) in [7, 11) is 0. The van der Waals surface area contributed by atoms with E-state index >= 15 is 0 Å². The van der Waals surface area contributed by atoms with E-state index in [0.29, 0.717) is 37.0 Å². The highest BCUT2D eigenvalue weighted by Crippen LogP contribution is 2.62. The van der Waals surface area contributed by atoms with E-state index in [0.717, 1.165) is 18.6 Å². The Labute approximate surface area is 165 Å². The highest BCUT2D eigenvalue weighted by molar-refractivity contribution is 8.55. The molecule has 2 aliphatic heterocycles. The molecular formula is C20H40NO3PS. The fourth-order valence-electron chi connectivity index (χ4n) is 3.87. The molecule has 0 N–H and O–H groups in total. The first-order chi connectivity index (χ1) is 12.4. The molecule has 4 nitrogen and oxygen atoms in total. The van der Waals surface area contributed by atoms with E-state index in [1.165, 1.54) is 56.6 Å². The number of nitrogens with zero attached hydrogens (tertiary/aromatic N) is 1. The molecule has 0 spiro atoms. The molecule has 0 radical (unpaired) electrons. The summed E-state index contributed by atoms with van der Waals surface area (Å²) in [5, 5.41) is 0. The molecule has 2 atom stereocenters. The Bertz CT molecular complexity index is 427. The first kappa shape index (κ1) is 22.7. The minimum absolute atomic E-state index is 0.532. The average molecular weight is 406 g/mol. The van der Waals surface area contributed by atoms with Crippen molar-refractivity contribution in [3.05, 3.63) is 0 Å². The zero-order valence-corrected chi connectivity index (χ0v) is 19.0. The topological polar surface area (TPSA) is 38.8 Å². The summed E-state index contributed by atoms with van der Waals surface area (Å²) in [5.74, 6) is 2.64. The van der Waals surface area contributed by atoms with Gasteiger partial charge < -0.3 is 13.9 Å². The normalized spacial score (nSPS) is 25.0. The van der Waals surface area contributed by atoms with Gasteiger partial charge in [-0.3, -0.25) is 0 Å². The number of hydrogen-bond acceptors (Lipinski definition) is 5. The van der Waals surface area contributed by atoms with E-state index in [9.17, 15) is 4.57 Å². The summed E-state index contributed by atoms with van der Waals surface area (Å²) < 4.78 is 24.9. The molecule has 0 amide bonds. The molecule has 2 heterocycles. The van der Waals surface area contributed by atoms with Crippen LogP contribution in [0, 0.1) is 17.8 Å². The lowest BCUT2D eigenvalue weighted by Crippen LogP contribution is -2.48. The minimum atomic E-state index is -3.05. The molecule has 0 saturated carbocycles. The lowest BCUT2D eigenvalue weighted by atomic mass is 9.85. The molecule has 2 saturated heterocycles. The van der Waals surface area contributed by atoms with Crippen molar-refractivity contribution in [3.8, 4) is 0 Å². The maximum atomic E-state index is 13.3. The summed E-state index contributed by atoms with van der Waals surface area (Å²) >= 11 is 1.47. The lowest BCUT2D eigenvalue weighted by molar-refractivity contribution is 0.0693. The maximum absolute atomic E-state index is 13.3. The van der Waals surface area contributed by atoms with Crippen LogP contribution in [-0.2, 0) is 13.6 Å². The number of fused-ring (bicyclic) bond motifs is 1. The summed E-state index contributed by atoms with van der Waals surface area (Å²) in [6.45, 7) is 9.18. The number of piperidine rings is 2. The third-order valence-electron chi connectivity index (χ3n) is 5.56. The van der Waals surface area contributed by atoms with E-state index in [2.05, 4.69) is 32.6 Å². The van der Waals surface area contributed by atoms with Crippen LogP contribution in [0.5, 0.6) is 0 Å². The van der Waals surface area contributed by atoms with Crippen molar-refractivity contribution in [2.45, 2.75) is 78.7 Å². The van der Waals surface area contributed by atoms with Crippen molar-refractivity contribution in [2.24, 2.45) is 17.8 Å². The molecule has 2 rings (SSSR count). The van der Waals surface area contributed by atoms with Crippen LogP contribution in [0.1, 0.15) is 72.6 Å². The summed E-state index contributed by atoms with van der Waals surface area (Å²) in [6, 6.07) is 0.685. The molecule has 2 aliphatic rings. The van der Waals surface area contributed by atoms with E-state index in [4.69, 9.17) is 9.05 Å². The van der Waals surface area contributed by atoms with Crippen molar-refractivity contribution in [1.29, 1.82) is 0 Å². The molecule has 26 heavy (non-hydrogen) atoms. The maximum Gasteiger partial charge on any atom is 0.389 e. The first-order valence-corrected chi connectivity index (χ1v) is 13.8. The summed E-state index contributed by atoms with van der Waals surface area (Å²) in [4.78, 5) is 2.67. The van der Waals surface area contributed by atoms with Gasteiger partial charge in [0.2, 0.25) is 0 Å². The summed E-state index contributed by atoms with van der Waals surface area (Å²) in [5.41, 5.74) is 0. The fraction of sp³-hybridized carbons (Fsp3) is 1.00. The Hall–Kier alpha value is 0.460. The standard InChI is InChI=1S/C20H40NO3PS/c1-17(2)10-14-23-25(22,24-15-11-18(3)4)26-16-19-8-7-13-21-12-6-5-9-20(19)21/h17-20H,5-16H2,1-4H3/t19-,20?/m0/s1. The smallest absolute Gasteiger partial charge is 0.301 e. The minimum Gasteiger partial charge on any atom is -0.301 e. The third kappa shape index (κ3) is 7.83. The highest BCUT2D eigenvalue weighted by atomic mass is 32.7. The first-order valence-electron chi connectivity index (χ1n) is 10.7. The van der Waals surface area contributed by atoms with Gasteiger partial charge in [-0.05, 0) is 80.7 Å². The van der Waals surface area contributed by atoms with Crippen LogP contribution in [0.15, 0.2) is 0 Å². The van der Waals surface area contributed by atoms with E-state index in [-0.39, 0.29) is 0 Å². The van der Waals surface area contributed by atoms with Crippen molar-refractivity contribution >= 4 is 18.2 Å². The monoisotopic (exact) mass is 405 g/mol. The Morgan fingerprint density at radius 2 is 1.58 bits per heavy atom. The van der Waals surface area contributed by atoms with Crippen molar-refractivity contribution < 1.29 is 13.6 Å². The Morgan fingerprint density at radius 3 is 2.19 bits per heavy atom. The molecule has 0 bridgehead atoms. The Kier molecular flexibility index (Phi) is 10.0. The van der Waals surface area contributed by atoms with Crippen LogP contribution in [0.3, 0.4) is 0 Å². The van der Waals surface area contributed by atoms with Crippen LogP contribution >= 0.6 is 18.2 Å². The average Bonchev–Trinajstić information content (AvgIpc) is 2.59. The van der Waals surface area contributed by atoms with Gasteiger partial charge in [0.05, 0.1) is 13.2 Å². The molecular weight excluding hydrogens is 365 g/mol. The largest absolute Gasteiger partial charge is 0.389 e. The predicted molar refractivity (Wildman–Crippen MR) is 113 cm³/mol. The summed E-state index contributed by atoms with van der Waals surface area (Å²) in [6.07, 6.45) is 8.37. The molecule has 2 fully saturated rings. The van der Waals surface area contributed by atoms with Crippen LogP contribution in [0.25, 0.3) is 0 Å². The van der Waals surface area contributed by atoms with Gasteiger partial charge in [0, 0.05) is 11.8 Å². The number of rotatable bonds is 11. The second-order valence-electron chi connectivity index (χ2n) is 8.78. The fourth-order valence-corrected chi connectivity index (χ4v) is 7.53. The van der Waals surface area contributed by atoms with Gasteiger partial charge in [0.25, 0.3) is 0 Å². The Morgan fingerprint density at radius 1 is 0.962 bits per heavy atom. The third-order valence-corrected chi connectivity index (χ3v) is 9.48. The van der Waals surface area contributed by atoms with Gasteiger partial charge in [-0.2, -0.15) is 0 Å². The van der Waals surface area contributed by atoms with Gasteiger partial charge in [-0.1, -0.05) is 34.1 Å². The van der Waals surface area contributed by atoms with Crippen molar-refractivity contribution in [3.63, 3.8) is 0 Å². The molecule has 6 heteroatoms. The van der Waals surface area contributed by atoms with Gasteiger partial charge in [-0.15, -0.1) is 0 Å². The van der Waals surface area contributed by atoms with Gasteiger partial charge in [0.15, 0.2) is 0 Å². The van der Waals surface area contributed by atoms with Crippen molar-refractivity contribution in [2.75, 3.05) is 32.1 Å². The van der Waals surface area contributed by atoms with E-state index < -0.39 is 6.80 Å². The van der Waals surface area contributed by atoms with Crippen LogP contribution in [-0.4, -0.2) is 43.0 Å². The van der Waals surface area contributed by atoms with Crippen molar-refractivity contribution in [1.82, 2.24) is 4.90 Å². The predicted octanol–water partition coefficient (Wildman–Crippen LogP) is 6.22. The number of hydrogen-bond donors (Lipinski definition) is 0. The second-order valence-corrected chi connectivity index (χ2v) is 12.9. The zero-order chi connectivity index (χ0) is 19.0.